The van der Waals surface area contributed by atoms with Gasteiger partial charge in [-0.05, 0) is 24.0 Å². The summed E-state index contributed by atoms with van der Waals surface area (Å²) in [5.41, 5.74) is 1.11. The van der Waals surface area contributed by atoms with Crippen LogP contribution in [0, 0.1) is 0 Å². The molecular formula is C15H21N3OS. The van der Waals surface area contributed by atoms with Gasteiger partial charge in [0.15, 0.2) is 0 Å². The first-order valence-electron chi connectivity index (χ1n) is 6.58. The van der Waals surface area contributed by atoms with Gasteiger partial charge in [-0.2, -0.15) is 0 Å². The van der Waals surface area contributed by atoms with Crippen LogP contribution in [-0.2, 0) is 12.0 Å². The third kappa shape index (κ3) is 3.54. The summed E-state index contributed by atoms with van der Waals surface area (Å²) in [5, 5.41) is 8.25. The minimum Gasteiger partial charge on any atom is -0.407 e. The second-order valence-corrected chi connectivity index (χ2v) is 6.73. The molecule has 1 aromatic heterocycles. The normalized spacial score (nSPS) is 11.7. The molecule has 0 aliphatic rings. The molecule has 108 valence electrons. The Morgan fingerprint density at radius 1 is 1.25 bits per heavy atom. The maximum Gasteiger partial charge on any atom is 0.318 e. The summed E-state index contributed by atoms with van der Waals surface area (Å²) in [6.45, 7) is 6.94. The van der Waals surface area contributed by atoms with Crippen molar-refractivity contribution >= 4 is 17.8 Å². The molecule has 4 nitrogen and oxygen atoms in total. The van der Waals surface area contributed by atoms with Gasteiger partial charge in [-0.15, -0.1) is 16.9 Å². The Balaban J connectivity index is 2.11. The fourth-order valence-corrected chi connectivity index (χ4v) is 2.27. The molecule has 0 amide bonds. The zero-order valence-electron chi connectivity index (χ0n) is 12.7. The van der Waals surface area contributed by atoms with Crippen LogP contribution in [0.3, 0.4) is 0 Å². The Labute approximate surface area is 124 Å². The summed E-state index contributed by atoms with van der Waals surface area (Å²) in [4.78, 5) is 3.23. The molecule has 5 heteroatoms. The SMILES string of the molecule is CSc1cccc(CN(C)c2nnc(C(C)(C)C)o2)c1. The fourth-order valence-electron chi connectivity index (χ4n) is 1.79. The highest BCUT2D eigenvalue weighted by atomic mass is 32.2. The lowest BCUT2D eigenvalue weighted by molar-refractivity contribution is 0.393. The van der Waals surface area contributed by atoms with Crippen molar-refractivity contribution in [3.63, 3.8) is 0 Å². The van der Waals surface area contributed by atoms with Crippen LogP contribution >= 0.6 is 11.8 Å². The van der Waals surface area contributed by atoms with E-state index in [1.807, 2.05) is 11.9 Å². The molecule has 0 saturated heterocycles. The third-order valence-corrected chi connectivity index (χ3v) is 3.66. The van der Waals surface area contributed by atoms with Crippen molar-refractivity contribution in [3.05, 3.63) is 35.7 Å². The maximum atomic E-state index is 5.74. The van der Waals surface area contributed by atoms with E-state index in [9.17, 15) is 0 Å². The minimum atomic E-state index is -0.120. The Hall–Kier alpha value is -1.49. The van der Waals surface area contributed by atoms with Gasteiger partial charge in [-0.1, -0.05) is 38.0 Å². The fraction of sp³-hybridized carbons (Fsp3) is 0.467. The first kappa shape index (κ1) is 14.9. The van der Waals surface area contributed by atoms with Gasteiger partial charge >= 0.3 is 6.01 Å². The van der Waals surface area contributed by atoms with Crippen molar-refractivity contribution < 1.29 is 4.42 Å². The first-order valence-corrected chi connectivity index (χ1v) is 7.80. The molecule has 1 aromatic carbocycles. The van der Waals surface area contributed by atoms with Crippen LogP contribution < -0.4 is 4.90 Å². The van der Waals surface area contributed by atoms with E-state index in [0.717, 1.165) is 6.54 Å². The molecule has 0 saturated carbocycles. The molecule has 0 fully saturated rings. The lowest BCUT2D eigenvalue weighted by Crippen LogP contribution is -2.16. The third-order valence-electron chi connectivity index (χ3n) is 2.94. The van der Waals surface area contributed by atoms with Gasteiger partial charge in [-0.3, -0.25) is 0 Å². The molecule has 0 bridgehead atoms. The predicted molar refractivity (Wildman–Crippen MR) is 83.3 cm³/mol. The smallest absolute Gasteiger partial charge is 0.318 e. The first-order chi connectivity index (χ1) is 9.40. The molecule has 2 aromatic rings. The van der Waals surface area contributed by atoms with E-state index in [0.29, 0.717) is 11.9 Å². The largest absolute Gasteiger partial charge is 0.407 e. The van der Waals surface area contributed by atoms with Crippen molar-refractivity contribution in [2.24, 2.45) is 0 Å². The van der Waals surface area contributed by atoms with Crippen LogP contribution in [0.4, 0.5) is 6.01 Å². The monoisotopic (exact) mass is 291 g/mol. The van der Waals surface area contributed by atoms with Crippen LogP contribution in [0.5, 0.6) is 0 Å². The van der Waals surface area contributed by atoms with Crippen LogP contribution in [0.1, 0.15) is 32.2 Å². The number of rotatable bonds is 4. The summed E-state index contributed by atoms with van der Waals surface area (Å²) in [6, 6.07) is 9.03. The van der Waals surface area contributed by atoms with Gasteiger partial charge in [0.2, 0.25) is 5.89 Å². The molecule has 1 heterocycles. The van der Waals surface area contributed by atoms with Crippen LogP contribution in [0.15, 0.2) is 33.6 Å². The molecule has 0 spiro atoms. The van der Waals surface area contributed by atoms with Crippen LogP contribution in [0.25, 0.3) is 0 Å². The zero-order chi connectivity index (χ0) is 14.8. The Morgan fingerprint density at radius 2 is 2.00 bits per heavy atom. The number of hydrogen-bond acceptors (Lipinski definition) is 5. The van der Waals surface area contributed by atoms with Crippen molar-refractivity contribution in [1.82, 2.24) is 10.2 Å². The molecule has 0 N–H and O–H groups in total. The van der Waals surface area contributed by atoms with E-state index in [2.05, 4.69) is 61.5 Å². The number of hydrogen-bond donors (Lipinski definition) is 0. The number of aromatic nitrogens is 2. The Kier molecular flexibility index (Phi) is 4.38. The molecule has 20 heavy (non-hydrogen) atoms. The van der Waals surface area contributed by atoms with Gasteiger partial charge < -0.3 is 9.32 Å². The zero-order valence-corrected chi connectivity index (χ0v) is 13.5. The highest BCUT2D eigenvalue weighted by Gasteiger charge is 2.22. The molecule has 0 radical (unpaired) electrons. The summed E-state index contributed by atoms with van der Waals surface area (Å²) in [7, 11) is 1.96. The van der Waals surface area contributed by atoms with Gasteiger partial charge in [0.25, 0.3) is 0 Å². The van der Waals surface area contributed by atoms with Crippen molar-refractivity contribution in [2.45, 2.75) is 37.6 Å². The number of benzene rings is 1. The molecule has 0 unspecified atom stereocenters. The number of nitrogens with zero attached hydrogens (tertiary/aromatic N) is 3. The van der Waals surface area contributed by atoms with Crippen molar-refractivity contribution in [3.8, 4) is 0 Å². The van der Waals surface area contributed by atoms with Crippen LogP contribution in [0.2, 0.25) is 0 Å². The average Bonchev–Trinajstić information content (AvgIpc) is 2.88. The van der Waals surface area contributed by atoms with E-state index in [4.69, 9.17) is 4.42 Å². The average molecular weight is 291 g/mol. The molecule has 0 aliphatic heterocycles. The Bertz CT molecular complexity index is 574. The molecule has 2 rings (SSSR count). The minimum absolute atomic E-state index is 0.120. The highest BCUT2D eigenvalue weighted by Crippen LogP contribution is 2.24. The standard InChI is InChI=1S/C15H21N3OS/c1-15(2,3)13-16-17-14(19-13)18(4)10-11-7-6-8-12(9-11)20-5/h6-9H,10H2,1-5H3. The quantitative estimate of drug-likeness (QED) is 0.803. The molecule has 0 aliphatic carbocycles. The van der Waals surface area contributed by atoms with E-state index in [-0.39, 0.29) is 5.41 Å². The summed E-state index contributed by atoms with van der Waals surface area (Å²) >= 11 is 1.74. The maximum absolute atomic E-state index is 5.74. The summed E-state index contributed by atoms with van der Waals surface area (Å²) < 4.78 is 5.74. The van der Waals surface area contributed by atoms with E-state index >= 15 is 0 Å². The van der Waals surface area contributed by atoms with Crippen molar-refractivity contribution in [1.29, 1.82) is 0 Å². The number of anilines is 1. The van der Waals surface area contributed by atoms with E-state index < -0.39 is 0 Å². The van der Waals surface area contributed by atoms with Gasteiger partial charge in [0.1, 0.15) is 0 Å². The van der Waals surface area contributed by atoms with Gasteiger partial charge in [-0.25, -0.2) is 0 Å². The number of thioether (sulfide) groups is 1. The van der Waals surface area contributed by atoms with E-state index in [1.165, 1.54) is 10.5 Å². The predicted octanol–water partition coefficient (Wildman–Crippen LogP) is 3.73. The van der Waals surface area contributed by atoms with Gasteiger partial charge in [0, 0.05) is 23.9 Å². The summed E-state index contributed by atoms with van der Waals surface area (Å²) in [6.07, 6.45) is 2.08. The van der Waals surface area contributed by atoms with Gasteiger partial charge in [0.05, 0.1) is 0 Å². The lowest BCUT2D eigenvalue weighted by atomic mass is 9.97. The second-order valence-electron chi connectivity index (χ2n) is 5.85. The molecular weight excluding hydrogens is 270 g/mol. The van der Waals surface area contributed by atoms with Crippen molar-refractivity contribution in [2.75, 3.05) is 18.2 Å². The van der Waals surface area contributed by atoms with E-state index in [1.54, 1.807) is 11.8 Å². The highest BCUT2D eigenvalue weighted by molar-refractivity contribution is 7.98. The lowest BCUT2D eigenvalue weighted by Gasteiger charge is -2.15. The Morgan fingerprint density at radius 3 is 2.60 bits per heavy atom. The second kappa shape index (κ2) is 5.87. The topological polar surface area (TPSA) is 42.2 Å². The summed E-state index contributed by atoms with van der Waals surface area (Å²) in [5.74, 6) is 0.664. The van der Waals surface area contributed by atoms with Crippen LogP contribution in [-0.4, -0.2) is 23.5 Å². The molecule has 0 atom stereocenters.